The van der Waals surface area contributed by atoms with E-state index < -0.39 is 0 Å². The first-order valence-electron chi connectivity index (χ1n) is 5.95. The van der Waals surface area contributed by atoms with Gasteiger partial charge in [0.1, 0.15) is 0 Å². The van der Waals surface area contributed by atoms with Crippen molar-refractivity contribution in [3.8, 4) is 0 Å². The van der Waals surface area contributed by atoms with Crippen LogP contribution in [0, 0.1) is 6.92 Å². The lowest BCUT2D eigenvalue weighted by atomic mass is 10.1. The van der Waals surface area contributed by atoms with Crippen molar-refractivity contribution < 1.29 is 4.79 Å². The Hall–Kier alpha value is -1.48. The van der Waals surface area contributed by atoms with Crippen LogP contribution >= 0.6 is 11.8 Å². The number of ketones is 1. The first-order valence-corrected chi connectivity index (χ1v) is 7.10. The summed E-state index contributed by atoms with van der Waals surface area (Å²) in [5.41, 5.74) is 3.38. The average Bonchev–Trinajstić information content (AvgIpc) is 2.78. The van der Waals surface area contributed by atoms with Crippen LogP contribution < -0.4 is 0 Å². The van der Waals surface area contributed by atoms with Crippen LogP contribution in [0.15, 0.2) is 42.6 Å². The molecule has 0 bridgehead atoms. The average molecular weight is 259 g/mol. The van der Waals surface area contributed by atoms with Crippen LogP contribution in [-0.2, 0) is 12.8 Å². The van der Waals surface area contributed by atoms with Crippen molar-refractivity contribution in [2.75, 3.05) is 5.75 Å². The highest BCUT2D eigenvalue weighted by atomic mass is 32.2. The Morgan fingerprint density at radius 3 is 2.67 bits per heavy atom. The molecule has 0 radical (unpaired) electrons. The van der Waals surface area contributed by atoms with Gasteiger partial charge in [-0.15, -0.1) is 11.8 Å². The summed E-state index contributed by atoms with van der Waals surface area (Å²) in [7, 11) is 1.90. The minimum Gasteiger partial charge on any atom is -0.348 e. The van der Waals surface area contributed by atoms with Crippen LogP contribution in [0.25, 0.3) is 0 Å². The maximum Gasteiger partial charge on any atom is 0.189 e. The highest BCUT2D eigenvalue weighted by Crippen LogP contribution is 2.17. The van der Waals surface area contributed by atoms with Gasteiger partial charge in [-0.1, -0.05) is 24.3 Å². The van der Waals surface area contributed by atoms with Gasteiger partial charge < -0.3 is 4.57 Å². The molecule has 0 unspecified atom stereocenters. The van der Waals surface area contributed by atoms with E-state index in [0.29, 0.717) is 5.75 Å². The molecule has 1 heterocycles. The summed E-state index contributed by atoms with van der Waals surface area (Å²) in [4.78, 5) is 12.0. The van der Waals surface area contributed by atoms with Crippen molar-refractivity contribution in [2.24, 2.45) is 7.05 Å². The molecule has 94 valence electrons. The second-order valence-corrected chi connectivity index (χ2v) is 5.33. The van der Waals surface area contributed by atoms with E-state index in [2.05, 4.69) is 19.1 Å². The molecule has 0 saturated carbocycles. The fourth-order valence-electron chi connectivity index (χ4n) is 1.85. The van der Waals surface area contributed by atoms with E-state index in [-0.39, 0.29) is 5.78 Å². The Morgan fingerprint density at radius 1 is 1.22 bits per heavy atom. The number of Topliss-reactive ketones (excluding diaryl/α,β-unsaturated/α-hetero) is 1. The predicted molar refractivity (Wildman–Crippen MR) is 77.1 cm³/mol. The van der Waals surface area contributed by atoms with Crippen LogP contribution in [-0.4, -0.2) is 16.1 Å². The van der Waals surface area contributed by atoms with Crippen molar-refractivity contribution in [3.05, 3.63) is 59.4 Å². The van der Waals surface area contributed by atoms with E-state index in [1.54, 1.807) is 11.8 Å². The number of hydrogen-bond acceptors (Lipinski definition) is 2. The molecular weight excluding hydrogens is 242 g/mol. The lowest BCUT2D eigenvalue weighted by Crippen LogP contribution is -2.07. The first kappa shape index (κ1) is 13.0. The minimum atomic E-state index is 0.195. The van der Waals surface area contributed by atoms with Crippen molar-refractivity contribution in [2.45, 2.75) is 12.7 Å². The van der Waals surface area contributed by atoms with Crippen LogP contribution in [0.3, 0.4) is 0 Å². The number of thioether (sulfide) groups is 1. The molecule has 0 fully saturated rings. The molecule has 3 heteroatoms. The zero-order valence-corrected chi connectivity index (χ0v) is 11.5. The maximum absolute atomic E-state index is 12.0. The normalized spacial score (nSPS) is 10.6. The van der Waals surface area contributed by atoms with E-state index in [1.165, 1.54) is 11.1 Å². The number of hydrogen-bond donors (Lipinski definition) is 0. The van der Waals surface area contributed by atoms with Gasteiger partial charge in [-0.2, -0.15) is 0 Å². The summed E-state index contributed by atoms with van der Waals surface area (Å²) in [6, 6.07) is 12.1. The maximum atomic E-state index is 12.0. The number of nitrogens with zero attached hydrogens (tertiary/aromatic N) is 1. The Kier molecular flexibility index (Phi) is 4.26. The van der Waals surface area contributed by atoms with Gasteiger partial charge in [-0.05, 0) is 30.2 Å². The molecule has 0 aliphatic rings. The number of aryl methyl sites for hydroxylation is 2. The summed E-state index contributed by atoms with van der Waals surface area (Å²) in [5, 5.41) is 0. The molecule has 18 heavy (non-hydrogen) atoms. The van der Waals surface area contributed by atoms with Gasteiger partial charge in [0.05, 0.1) is 11.4 Å². The Labute approximate surface area is 112 Å². The van der Waals surface area contributed by atoms with Crippen LogP contribution in [0.1, 0.15) is 21.6 Å². The van der Waals surface area contributed by atoms with Crippen molar-refractivity contribution in [1.82, 2.24) is 4.57 Å². The fraction of sp³-hybridized carbons (Fsp3) is 0.267. The number of rotatable bonds is 5. The summed E-state index contributed by atoms with van der Waals surface area (Å²) >= 11 is 1.67. The molecule has 0 N–H and O–H groups in total. The molecule has 1 aromatic carbocycles. The van der Waals surface area contributed by atoms with E-state index in [0.717, 1.165) is 11.4 Å². The van der Waals surface area contributed by atoms with Gasteiger partial charge >= 0.3 is 0 Å². The fourth-order valence-corrected chi connectivity index (χ4v) is 2.83. The zero-order valence-electron chi connectivity index (χ0n) is 10.7. The highest BCUT2D eigenvalue weighted by Gasteiger charge is 2.09. The Bertz CT molecular complexity index is 545. The van der Waals surface area contributed by atoms with E-state index in [4.69, 9.17) is 0 Å². The number of carbonyl (C=O) groups excluding carboxylic acids is 1. The molecule has 2 nitrogen and oxygen atoms in total. The molecule has 0 spiro atoms. The largest absolute Gasteiger partial charge is 0.348 e. The lowest BCUT2D eigenvalue weighted by molar-refractivity contribution is 0.101. The van der Waals surface area contributed by atoms with Crippen molar-refractivity contribution in [1.29, 1.82) is 0 Å². The van der Waals surface area contributed by atoms with Crippen molar-refractivity contribution >= 4 is 17.5 Å². The van der Waals surface area contributed by atoms with E-state index in [1.807, 2.05) is 42.1 Å². The van der Waals surface area contributed by atoms with Gasteiger partial charge in [-0.25, -0.2) is 0 Å². The third kappa shape index (κ3) is 3.05. The molecule has 0 aliphatic heterocycles. The summed E-state index contributed by atoms with van der Waals surface area (Å²) < 4.78 is 1.87. The van der Waals surface area contributed by atoms with Gasteiger partial charge in [0.15, 0.2) is 5.78 Å². The molecule has 2 aromatic rings. The zero-order chi connectivity index (χ0) is 13.0. The summed E-state index contributed by atoms with van der Waals surface area (Å²) in [6.45, 7) is 2.11. The number of aromatic nitrogens is 1. The number of carbonyl (C=O) groups is 1. The first-order chi connectivity index (χ1) is 8.68. The third-order valence-electron chi connectivity index (χ3n) is 2.98. The molecule has 0 saturated heterocycles. The quantitative estimate of drug-likeness (QED) is 0.767. The molecule has 0 amide bonds. The SMILES string of the molecule is Cc1ccccc1CSCC(=O)c1cccn1C. The lowest BCUT2D eigenvalue weighted by Gasteiger charge is -2.05. The molecular formula is C15H17NOS. The summed E-state index contributed by atoms with van der Waals surface area (Å²) in [5.74, 6) is 1.62. The van der Waals surface area contributed by atoms with Gasteiger partial charge in [0.25, 0.3) is 0 Å². The van der Waals surface area contributed by atoms with Gasteiger partial charge in [0.2, 0.25) is 0 Å². The molecule has 0 atom stereocenters. The monoisotopic (exact) mass is 259 g/mol. The molecule has 0 aliphatic carbocycles. The molecule has 1 aromatic heterocycles. The topological polar surface area (TPSA) is 22.0 Å². The molecule has 2 rings (SSSR count). The van der Waals surface area contributed by atoms with Gasteiger partial charge in [-0.3, -0.25) is 4.79 Å². The van der Waals surface area contributed by atoms with Crippen LogP contribution in [0.4, 0.5) is 0 Å². The Morgan fingerprint density at radius 2 is 2.00 bits per heavy atom. The standard InChI is InChI=1S/C15H17NOS/c1-12-6-3-4-7-13(12)10-18-11-15(17)14-8-5-9-16(14)2/h3-9H,10-11H2,1-2H3. The highest BCUT2D eigenvalue weighted by molar-refractivity contribution is 7.99. The van der Waals surface area contributed by atoms with Crippen molar-refractivity contribution in [3.63, 3.8) is 0 Å². The smallest absolute Gasteiger partial charge is 0.189 e. The summed E-state index contributed by atoms with van der Waals surface area (Å²) in [6.07, 6.45) is 1.90. The third-order valence-corrected chi connectivity index (χ3v) is 3.96. The minimum absolute atomic E-state index is 0.195. The Balaban J connectivity index is 1.88. The predicted octanol–water partition coefficient (Wildman–Crippen LogP) is 3.45. The number of benzene rings is 1. The second-order valence-electron chi connectivity index (χ2n) is 4.35. The second kappa shape index (κ2) is 5.91. The van der Waals surface area contributed by atoms with Crippen LogP contribution in [0.5, 0.6) is 0 Å². The van der Waals surface area contributed by atoms with Gasteiger partial charge in [0, 0.05) is 19.0 Å². The van der Waals surface area contributed by atoms with Crippen LogP contribution in [0.2, 0.25) is 0 Å². The van der Waals surface area contributed by atoms with E-state index in [9.17, 15) is 4.79 Å². The van der Waals surface area contributed by atoms with E-state index >= 15 is 0 Å².